The van der Waals surface area contributed by atoms with E-state index in [-0.39, 0.29) is 11.5 Å². The van der Waals surface area contributed by atoms with Gasteiger partial charge in [0, 0.05) is 0 Å². The van der Waals surface area contributed by atoms with Gasteiger partial charge in [-0.2, -0.15) is 0 Å². The van der Waals surface area contributed by atoms with Crippen molar-refractivity contribution in [2.75, 3.05) is 0 Å². The van der Waals surface area contributed by atoms with Crippen molar-refractivity contribution < 1.29 is 0 Å². The third kappa shape index (κ3) is 2.45. The molecule has 0 bridgehead atoms. The summed E-state index contributed by atoms with van der Waals surface area (Å²) in [6.07, 6.45) is 5.15. The molecule has 18 heavy (non-hydrogen) atoms. The van der Waals surface area contributed by atoms with Crippen molar-refractivity contribution in [3.63, 3.8) is 0 Å². The lowest BCUT2D eigenvalue weighted by atomic mass is 9.72. The molecule has 0 aliphatic heterocycles. The monoisotopic (exact) mass is 246 g/mol. The van der Waals surface area contributed by atoms with E-state index in [0.717, 1.165) is 12.3 Å². The number of hydrazine groups is 1. The van der Waals surface area contributed by atoms with Gasteiger partial charge < -0.3 is 0 Å². The second-order valence-electron chi connectivity index (χ2n) is 6.20. The number of nitrogens with two attached hydrogens (primary N) is 1. The lowest BCUT2D eigenvalue weighted by Gasteiger charge is -2.37. The predicted octanol–water partition coefficient (Wildman–Crippen LogP) is 3.89. The Labute approximate surface area is 111 Å². The molecule has 1 atom stereocenters. The number of hydrogen-bond acceptors (Lipinski definition) is 2. The number of nitrogens with one attached hydrogen (secondary N) is 1. The highest BCUT2D eigenvalue weighted by atomic mass is 15.2. The van der Waals surface area contributed by atoms with E-state index in [2.05, 4.69) is 50.5 Å². The molecule has 100 valence electrons. The van der Waals surface area contributed by atoms with Gasteiger partial charge in [-0.3, -0.25) is 11.3 Å². The molecule has 1 aliphatic carbocycles. The maximum atomic E-state index is 5.84. The first-order chi connectivity index (χ1) is 8.60. The van der Waals surface area contributed by atoms with Gasteiger partial charge in [0.1, 0.15) is 0 Å². The Morgan fingerprint density at radius 1 is 1.33 bits per heavy atom. The number of benzene rings is 1. The van der Waals surface area contributed by atoms with Gasteiger partial charge in [0.15, 0.2) is 0 Å². The summed E-state index contributed by atoms with van der Waals surface area (Å²) in [4.78, 5) is 0. The highest BCUT2D eigenvalue weighted by Gasteiger charge is 2.32. The zero-order chi connectivity index (χ0) is 13.2. The molecule has 1 aromatic carbocycles. The van der Waals surface area contributed by atoms with E-state index >= 15 is 0 Å². The van der Waals surface area contributed by atoms with Crippen LogP contribution in [0.4, 0.5) is 0 Å². The Bertz CT molecular complexity index is 394. The molecule has 0 heterocycles. The van der Waals surface area contributed by atoms with Crippen molar-refractivity contribution in [3.05, 3.63) is 35.4 Å². The van der Waals surface area contributed by atoms with Gasteiger partial charge in [-0.05, 0) is 41.7 Å². The van der Waals surface area contributed by atoms with E-state index in [9.17, 15) is 0 Å². The van der Waals surface area contributed by atoms with Crippen LogP contribution >= 0.6 is 0 Å². The summed E-state index contributed by atoms with van der Waals surface area (Å²) < 4.78 is 0. The van der Waals surface area contributed by atoms with Crippen LogP contribution in [0.2, 0.25) is 0 Å². The molecule has 0 spiro atoms. The molecule has 2 heteroatoms. The molecule has 0 saturated heterocycles. The molecule has 1 saturated carbocycles. The van der Waals surface area contributed by atoms with Crippen LogP contribution in [0.25, 0.3) is 0 Å². The average molecular weight is 246 g/mol. The van der Waals surface area contributed by atoms with E-state index in [4.69, 9.17) is 5.84 Å². The molecule has 3 N–H and O–H groups in total. The first kappa shape index (κ1) is 13.6. The summed E-state index contributed by atoms with van der Waals surface area (Å²) in [5.74, 6) is 6.60. The van der Waals surface area contributed by atoms with Gasteiger partial charge in [-0.1, -0.05) is 51.5 Å². The quantitative estimate of drug-likeness (QED) is 0.611. The van der Waals surface area contributed by atoms with E-state index in [1.165, 1.54) is 30.4 Å². The van der Waals surface area contributed by atoms with Crippen molar-refractivity contribution in [1.29, 1.82) is 0 Å². The maximum absolute atomic E-state index is 5.84. The smallest absolute Gasteiger partial charge is 0.0513 e. The Balaban J connectivity index is 2.35. The summed E-state index contributed by atoms with van der Waals surface area (Å²) in [6.45, 7) is 6.81. The minimum absolute atomic E-state index is 0.175. The molecule has 0 amide bonds. The fourth-order valence-corrected chi connectivity index (χ4v) is 2.81. The van der Waals surface area contributed by atoms with Gasteiger partial charge in [0.2, 0.25) is 0 Å². The van der Waals surface area contributed by atoms with Gasteiger partial charge in [-0.25, -0.2) is 0 Å². The fraction of sp³-hybridized carbons (Fsp3) is 0.625. The molecule has 2 rings (SSSR count). The van der Waals surface area contributed by atoms with E-state index in [0.29, 0.717) is 0 Å². The van der Waals surface area contributed by atoms with Gasteiger partial charge in [0.05, 0.1) is 6.04 Å². The van der Waals surface area contributed by atoms with E-state index < -0.39 is 0 Å². The minimum atomic E-state index is 0.175. The van der Waals surface area contributed by atoms with Gasteiger partial charge >= 0.3 is 0 Å². The summed E-state index contributed by atoms with van der Waals surface area (Å²) in [5, 5.41) is 0. The van der Waals surface area contributed by atoms with E-state index in [1.807, 2.05) is 0 Å². The van der Waals surface area contributed by atoms with Gasteiger partial charge in [0.25, 0.3) is 0 Å². The average Bonchev–Trinajstić information content (AvgIpc) is 2.30. The third-order valence-corrected chi connectivity index (χ3v) is 4.71. The van der Waals surface area contributed by atoms with Crippen LogP contribution in [0.1, 0.15) is 69.5 Å². The lowest BCUT2D eigenvalue weighted by molar-refractivity contribution is 0.233. The molecule has 1 fully saturated rings. The van der Waals surface area contributed by atoms with Crippen LogP contribution in [-0.4, -0.2) is 0 Å². The first-order valence-electron chi connectivity index (χ1n) is 7.15. The normalized spacial score (nSPS) is 18.4. The zero-order valence-electron chi connectivity index (χ0n) is 11.9. The zero-order valence-corrected chi connectivity index (χ0v) is 11.9. The molecule has 0 aromatic heterocycles. The Morgan fingerprint density at radius 2 is 2.00 bits per heavy atom. The summed E-state index contributed by atoms with van der Waals surface area (Å²) in [5.41, 5.74) is 6.14. The lowest BCUT2D eigenvalue weighted by Crippen LogP contribution is -2.39. The number of hydrogen-bond donors (Lipinski definition) is 2. The molecular formula is C16H26N2. The first-order valence-corrected chi connectivity index (χ1v) is 7.15. The van der Waals surface area contributed by atoms with Crippen LogP contribution in [0.5, 0.6) is 0 Å². The van der Waals surface area contributed by atoms with Crippen molar-refractivity contribution >= 4 is 0 Å². The molecule has 1 unspecified atom stereocenters. The molecule has 0 radical (unpaired) electrons. The minimum Gasteiger partial charge on any atom is -0.271 e. The topological polar surface area (TPSA) is 38.0 Å². The molecule has 1 aliphatic rings. The highest BCUT2D eigenvalue weighted by molar-refractivity contribution is 5.35. The maximum Gasteiger partial charge on any atom is 0.0513 e. The van der Waals surface area contributed by atoms with Crippen molar-refractivity contribution in [2.24, 2.45) is 11.3 Å². The van der Waals surface area contributed by atoms with Crippen molar-refractivity contribution in [2.45, 2.75) is 58.4 Å². The largest absolute Gasteiger partial charge is 0.271 e. The van der Waals surface area contributed by atoms with Crippen LogP contribution < -0.4 is 11.3 Å². The second kappa shape index (κ2) is 5.41. The molecule has 2 nitrogen and oxygen atoms in total. The second-order valence-corrected chi connectivity index (χ2v) is 6.20. The Kier molecular flexibility index (Phi) is 4.08. The van der Waals surface area contributed by atoms with Crippen LogP contribution in [0, 0.1) is 5.41 Å². The van der Waals surface area contributed by atoms with Gasteiger partial charge in [-0.15, -0.1) is 0 Å². The summed E-state index contributed by atoms with van der Waals surface area (Å²) >= 11 is 0. The Morgan fingerprint density at radius 3 is 2.50 bits per heavy atom. The molecule has 1 aromatic rings. The van der Waals surface area contributed by atoms with Crippen molar-refractivity contribution in [3.8, 4) is 0 Å². The predicted molar refractivity (Wildman–Crippen MR) is 77.2 cm³/mol. The van der Waals surface area contributed by atoms with Crippen LogP contribution in [-0.2, 0) is 0 Å². The molecular weight excluding hydrogens is 220 g/mol. The van der Waals surface area contributed by atoms with Crippen LogP contribution in [0.3, 0.4) is 0 Å². The standard InChI is InChI=1S/C16H26N2/c1-4-16(2,3)15(18-17)14-11-6-5-10-13(14)12-8-7-9-12/h5-6,10-12,15,18H,4,7-9,17H2,1-3H3. The third-order valence-electron chi connectivity index (χ3n) is 4.71. The SMILES string of the molecule is CCC(C)(C)C(NN)c1ccccc1C1CCC1. The van der Waals surface area contributed by atoms with Crippen LogP contribution in [0.15, 0.2) is 24.3 Å². The fourth-order valence-electron chi connectivity index (χ4n) is 2.81. The van der Waals surface area contributed by atoms with E-state index in [1.54, 1.807) is 0 Å². The highest BCUT2D eigenvalue weighted by Crippen LogP contribution is 2.43. The number of rotatable bonds is 5. The Hall–Kier alpha value is -0.860. The van der Waals surface area contributed by atoms with Crippen molar-refractivity contribution in [1.82, 2.24) is 5.43 Å². The summed E-state index contributed by atoms with van der Waals surface area (Å²) in [6, 6.07) is 9.06. The summed E-state index contributed by atoms with van der Waals surface area (Å²) in [7, 11) is 0.